The van der Waals surface area contributed by atoms with Gasteiger partial charge in [0.2, 0.25) is 0 Å². The maximum Gasteiger partial charge on any atom is 0.251 e. The van der Waals surface area contributed by atoms with Crippen molar-refractivity contribution in [1.29, 1.82) is 5.26 Å². The molecule has 124 valence electrons. The molecule has 0 bridgehead atoms. The molecule has 0 fully saturated rings. The minimum atomic E-state index is -3.09. The van der Waals surface area contributed by atoms with E-state index in [9.17, 15) is 13.2 Å². The Bertz CT molecular complexity index is 864. The number of nitrogens with zero attached hydrogens (tertiary/aromatic N) is 1. The van der Waals surface area contributed by atoms with Crippen LogP contribution < -0.4 is 5.32 Å². The molecule has 0 spiro atoms. The molecule has 0 saturated carbocycles. The summed E-state index contributed by atoms with van der Waals surface area (Å²) < 4.78 is 22.5. The number of sulfone groups is 1. The fraction of sp³-hybridized carbons (Fsp3) is 0.222. The summed E-state index contributed by atoms with van der Waals surface area (Å²) in [6, 6.07) is 15.4. The van der Waals surface area contributed by atoms with Gasteiger partial charge in [0.1, 0.15) is 0 Å². The molecule has 1 N–H and O–H groups in total. The molecule has 2 rings (SSSR count). The van der Waals surface area contributed by atoms with E-state index in [1.54, 1.807) is 48.5 Å². The fourth-order valence-corrected chi connectivity index (χ4v) is 3.06. The van der Waals surface area contributed by atoms with E-state index in [2.05, 4.69) is 11.4 Å². The average Bonchev–Trinajstić information content (AvgIpc) is 2.54. The number of carbonyl (C=O) groups is 1. The van der Waals surface area contributed by atoms with Crippen molar-refractivity contribution in [3.8, 4) is 6.07 Å². The van der Waals surface area contributed by atoms with Crippen LogP contribution in [0.1, 0.15) is 40.0 Å². The summed E-state index contributed by atoms with van der Waals surface area (Å²) in [7, 11) is -3.09. The maximum absolute atomic E-state index is 12.3. The number of hydrogen-bond donors (Lipinski definition) is 1. The Hall–Kier alpha value is -2.65. The molecule has 1 atom stereocenters. The first-order valence-electron chi connectivity index (χ1n) is 7.36. The van der Waals surface area contributed by atoms with Crippen LogP contribution in [-0.4, -0.2) is 20.6 Å². The van der Waals surface area contributed by atoms with Gasteiger partial charge >= 0.3 is 0 Å². The molecule has 2 aromatic carbocycles. The van der Waals surface area contributed by atoms with Crippen molar-refractivity contribution < 1.29 is 13.2 Å². The third kappa shape index (κ3) is 4.93. The van der Waals surface area contributed by atoms with Crippen molar-refractivity contribution >= 4 is 15.7 Å². The predicted molar refractivity (Wildman–Crippen MR) is 92.0 cm³/mol. The number of benzene rings is 2. The third-order valence-corrected chi connectivity index (χ3v) is 4.39. The highest BCUT2D eigenvalue weighted by Crippen LogP contribution is 2.15. The minimum Gasteiger partial charge on any atom is -0.346 e. The zero-order valence-electron chi connectivity index (χ0n) is 13.5. The monoisotopic (exact) mass is 342 g/mol. The van der Waals surface area contributed by atoms with Gasteiger partial charge in [0.05, 0.1) is 23.4 Å². The van der Waals surface area contributed by atoms with E-state index in [1.807, 2.05) is 6.92 Å². The van der Waals surface area contributed by atoms with Crippen LogP contribution in [0.5, 0.6) is 0 Å². The standard InChI is InChI=1S/C18H18N2O3S/c1-13(16-7-3-14(11-19)4-8-16)20-18(21)17-9-5-15(6-10-17)12-24(2,22)23/h3-10,13H,12H2,1-2H3,(H,20,21). The minimum absolute atomic E-state index is 0.0451. The predicted octanol–water partition coefficient (Wildman–Crippen LogP) is 2.59. The zero-order valence-corrected chi connectivity index (χ0v) is 14.3. The zero-order chi connectivity index (χ0) is 17.7. The van der Waals surface area contributed by atoms with Crippen molar-refractivity contribution in [3.05, 3.63) is 70.8 Å². The molecule has 0 aromatic heterocycles. The smallest absolute Gasteiger partial charge is 0.251 e. The van der Waals surface area contributed by atoms with Crippen LogP contribution in [0, 0.1) is 11.3 Å². The number of carbonyl (C=O) groups excluding carboxylic acids is 1. The number of nitrogens with one attached hydrogen (secondary N) is 1. The average molecular weight is 342 g/mol. The molecule has 2 aromatic rings. The summed E-state index contributed by atoms with van der Waals surface area (Å²) in [6.45, 7) is 1.86. The highest BCUT2D eigenvalue weighted by Gasteiger charge is 2.12. The number of nitriles is 1. The quantitative estimate of drug-likeness (QED) is 0.905. The van der Waals surface area contributed by atoms with Crippen LogP contribution in [-0.2, 0) is 15.6 Å². The van der Waals surface area contributed by atoms with Gasteiger partial charge in [-0.2, -0.15) is 5.26 Å². The van der Waals surface area contributed by atoms with Crippen LogP contribution in [0.4, 0.5) is 0 Å². The van der Waals surface area contributed by atoms with Crippen LogP contribution in [0.2, 0.25) is 0 Å². The van der Waals surface area contributed by atoms with E-state index in [0.29, 0.717) is 16.7 Å². The van der Waals surface area contributed by atoms with E-state index >= 15 is 0 Å². The second-order valence-corrected chi connectivity index (χ2v) is 7.84. The van der Waals surface area contributed by atoms with E-state index in [4.69, 9.17) is 5.26 Å². The largest absolute Gasteiger partial charge is 0.346 e. The Labute approximate surface area is 141 Å². The van der Waals surface area contributed by atoms with Crippen molar-refractivity contribution in [2.75, 3.05) is 6.26 Å². The highest BCUT2D eigenvalue weighted by atomic mass is 32.2. The number of rotatable bonds is 5. The first kappa shape index (κ1) is 17.7. The third-order valence-electron chi connectivity index (χ3n) is 3.53. The van der Waals surface area contributed by atoms with Crippen LogP contribution in [0.3, 0.4) is 0 Å². The summed E-state index contributed by atoms with van der Waals surface area (Å²) in [5.41, 5.74) is 2.58. The number of amides is 1. The fourth-order valence-electron chi connectivity index (χ4n) is 2.26. The van der Waals surface area contributed by atoms with Gasteiger partial charge in [-0.05, 0) is 42.3 Å². The Kier molecular flexibility index (Phi) is 5.37. The van der Waals surface area contributed by atoms with Crippen LogP contribution in [0.25, 0.3) is 0 Å². The molecule has 1 unspecified atom stereocenters. The lowest BCUT2D eigenvalue weighted by Gasteiger charge is -2.14. The molecule has 1 amide bonds. The van der Waals surface area contributed by atoms with Gasteiger partial charge in [0.25, 0.3) is 5.91 Å². The molecular weight excluding hydrogens is 324 g/mol. The number of hydrogen-bond acceptors (Lipinski definition) is 4. The van der Waals surface area contributed by atoms with Crippen molar-refractivity contribution in [1.82, 2.24) is 5.32 Å². The second kappa shape index (κ2) is 7.28. The van der Waals surface area contributed by atoms with E-state index in [1.165, 1.54) is 6.26 Å². The Morgan fingerprint density at radius 3 is 2.21 bits per heavy atom. The molecule has 0 aliphatic rings. The van der Waals surface area contributed by atoms with Crippen LogP contribution in [0.15, 0.2) is 48.5 Å². The SMILES string of the molecule is CC(NC(=O)c1ccc(CS(C)(=O)=O)cc1)c1ccc(C#N)cc1. The van der Waals surface area contributed by atoms with Crippen molar-refractivity contribution in [2.24, 2.45) is 0 Å². The first-order chi connectivity index (χ1) is 11.3. The molecule has 0 heterocycles. The molecule has 6 heteroatoms. The molecular formula is C18H18N2O3S. The van der Waals surface area contributed by atoms with Gasteiger partial charge in [0.15, 0.2) is 9.84 Å². The molecule has 0 aliphatic heterocycles. The Morgan fingerprint density at radius 1 is 1.12 bits per heavy atom. The topological polar surface area (TPSA) is 87.0 Å². The van der Waals surface area contributed by atoms with Gasteiger partial charge in [-0.1, -0.05) is 24.3 Å². The van der Waals surface area contributed by atoms with Gasteiger partial charge < -0.3 is 5.32 Å². The van der Waals surface area contributed by atoms with Gasteiger partial charge in [-0.25, -0.2) is 8.42 Å². The second-order valence-electron chi connectivity index (χ2n) is 5.70. The van der Waals surface area contributed by atoms with Crippen molar-refractivity contribution in [2.45, 2.75) is 18.7 Å². The van der Waals surface area contributed by atoms with Crippen molar-refractivity contribution in [3.63, 3.8) is 0 Å². The van der Waals surface area contributed by atoms with Gasteiger partial charge in [0, 0.05) is 11.8 Å². The summed E-state index contributed by atoms with van der Waals surface area (Å²) in [5, 5.41) is 11.7. The molecule has 5 nitrogen and oxygen atoms in total. The molecule has 0 aliphatic carbocycles. The summed E-state index contributed by atoms with van der Waals surface area (Å²) in [4.78, 5) is 12.3. The lowest BCUT2D eigenvalue weighted by Crippen LogP contribution is -2.26. The molecule has 0 saturated heterocycles. The molecule has 0 radical (unpaired) electrons. The Balaban J connectivity index is 2.04. The summed E-state index contributed by atoms with van der Waals surface area (Å²) in [5.74, 6) is -0.283. The lowest BCUT2D eigenvalue weighted by molar-refractivity contribution is 0.0940. The van der Waals surface area contributed by atoms with E-state index in [0.717, 1.165) is 5.56 Å². The van der Waals surface area contributed by atoms with E-state index < -0.39 is 9.84 Å². The highest BCUT2D eigenvalue weighted by molar-refractivity contribution is 7.89. The van der Waals surface area contributed by atoms with Gasteiger partial charge in [-0.15, -0.1) is 0 Å². The van der Waals surface area contributed by atoms with Gasteiger partial charge in [-0.3, -0.25) is 4.79 Å². The lowest BCUT2D eigenvalue weighted by atomic mass is 10.1. The summed E-state index contributed by atoms with van der Waals surface area (Å²) >= 11 is 0. The first-order valence-corrected chi connectivity index (χ1v) is 9.42. The normalized spacial score (nSPS) is 12.2. The molecule has 24 heavy (non-hydrogen) atoms. The summed E-state index contributed by atoms with van der Waals surface area (Å²) in [6.07, 6.45) is 1.17. The van der Waals surface area contributed by atoms with E-state index in [-0.39, 0.29) is 17.7 Å². The Morgan fingerprint density at radius 2 is 1.71 bits per heavy atom. The van der Waals surface area contributed by atoms with Crippen LogP contribution >= 0.6 is 0 Å². The maximum atomic E-state index is 12.3.